The predicted molar refractivity (Wildman–Crippen MR) is 121 cm³/mol. The van der Waals surface area contributed by atoms with Crippen LogP contribution in [0.5, 0.6) is 11.5 Å². The van der Waals surface area contributed by atoms with Gasteiger partial charge in [0.05, 0.1) is 20.8 Å². The molecule has 0 radical (unpaired) electrons. The molecule has 6 nitrogen and oxygen atoms in total. The van der Waals surface area contributed by atoms with Crippen LogP contribution in [-0.2, 0) is 17.6 Å². The number of aromatic nitrogens is 1. The molecule has 1 aliphatic carbocycles. The number of ether oxygens (including phenoxy) is 3. The lowest BCUT2D eigenvalue weighted by molar-refractivity contribution is 0.0519. The molecular weight excluding hydrogens is 406 g/mol. The molecule has 1 aliphatic rings. The molecule has 0 saturated heterocycles. The maximum absolute atomic E-state index is 13.4. The fourth-order valence-electron chi connectivity index (χ4n) is 4.46. The molecule has 0 amide bonds. The number of hydrogen-bond donors (Lipinski definition) is 1. The number of nitrogens with one attached hydrogen (secondary N) is 1. The number of H-pyrrole nitrogens is 1. The predicted octanol–water partition coefficient (Wildman–Crippen LogP) is 4.71. The van der Waals surface area contributed by atoms with Crippen molar-refractivity contribution in [2.75, 3.05) is 20.8 Å². The number of ketones is 1. The molecule has 0 aliphatic heterocycles. The zero-order valence-corrected chi connectivity index (χ0v) is 18.6. The van der Waals surface area contributed by atoms with Crippen LogP contribution in [0.3, 0.4) is 0 Å². The number of Topliss-reactive ketones (excluding diaryl/α,β-unsaturated/α-hetero) is 1. The number of aromatic amines is 1. The van der Waals surface area contributed by atoms with Crippen molar-refractivity contribution in [3.05, 3.63) is 82.2 Å². The van der Waals surface area contributed by atoms with Crippen LogP contribution in [-0.4, -0.2) is 37.6 Å². The second-order valence-electron chi connectivity index (χ2n) is 7.85. The molecule has 1 atom stereocenters. The van der Waals surface area contributed by atoms with Gasteiger partial charge in [-0.3, -0.25) is 4.79 Å². The van der Waals surface area contributed by atoms with E-state index in [0.717, 1.165) is 16.8 Å². The third kappa shape index (κ3) is 4.13. The summed E-state index contributed by atoms with van der Waals surface area (Å²) in [6.07, 6.45) is 1.41. The van der Waals surface area contributed by atoms with Gasteiger partial charge in [0.15, 0.2) is 5.78 Å². The summed E-state index contributed by atoms with van der Waals surface area (Å²) in [6.45, 7) is 2.04. The van der Waals surface area contributed by atoms with E-state index < -0.39 is 5.97 Å². The number of methoxy groups -OCH3 is 2. The summed E-state index contributed by atoms with van der Waals surface area (Å²) in [5.74, 6) is 0.921. The monoisotopic (exact) mass is 433 g/mol. The Balaban J connectivity index is 1.76. The topological polar surface area (TPSA) is 77.6 Å². The number of fused-ring (bicyclic) bond motifs is 1. The minimum absolute atomic E-state index is 0.0128. The zero-order chi connectivity index (χ0) is 22.7. The van der Waals surface area contributed by atoms with Gasteiger partial charge in [-0.15, -0.1) is 0 Å². The van der Waals surface area contributed by atoms with Crippen molar-refractivity contribution in [3.8, 4) is 11.5 Å². The van der Waals surface area contributed by atoms with E-state index in [1.54, 1.807) is 21.1 Å². The first-order valence-corrected chi connectivity index (χ1v) is 10.8. The zero-order valence-electron chi connectivity index (χ0n) is 18.6. The van der Waals surface area contributed by atoms with Gasteiger partial charge in [-0.25, -0.2) is 4.79 Å². The number of carbonyl (C=O) groups is 2. The van der Waals surface area contributed by atoms with Crippen molar-refractivity contribution in [2.45, 2.75) is 32.1 Å². The SMILES string of the molecule is CCOC(=O)c1[nH]c2c(c1Cc1ccccc1)C(=O)C[C@H](c1cc(OC)ccc1OC)C2. The maximum atomic E-state index is 13.4. The molecule has 0 spiro atoms. The van der Waals surface area contributed by atoms with Crippen LogP contribution >= 0.6 is 0 Å². The molecule has 1 heterocycles. The van der Waals surface area contributed by atoms with Crippen molar-refractivity contribution in [1.29, 1.82) is 0 Å². The van der Waals surface area contributed by atoms with Crippen LogP contribution < -0.4 is 9.47 Å². The van der Waals surface area contributed by atoms with Gasteiger partial charge in [-0.05, 0) is 42.7 Å². The Morgan fingerprint density at radius 2 is 1.84 bits per heavy atom. The molecule has 0 fully saturated rings. The van der Waals surface area contributed by atoms with Gasteiger partial charge in [0, 0.05) is 35.6 Å². The molecular formula is C26H27NO5. The quantitative estimate of drug-likeness (QED) is 0.546. The summed E-state index contributed by atoms with van der Waals surface area (Å²) in [4.78, 5) is 29.3. The summed E-state index contributed by atoms with van der Waals surface area (Å²) in [7, 11) is 3.23. The van der Waals surface area contributed by atoms with Crippen LogP contribution in [0.25, 0.3) is 0 Å². The molecule has 166 valence electrons. The highest BCUT2D eigenvalue weighted by Gasteiger charge is 2.34. The average molecular weight is 434 g/mol. The molecule has 0 saturated carbocycles. The standard InChI is InChI=1S/C26H27NO5/c1-4-32-26(29)25-20(12-16-8-6-5-7-9-16)24-21(27-25)13-17(14-22(24)28)19-15-18(30-2)10-11-23(19)31-3/h5-11,15,17,27H,4,12-14H2,1-3H3/t17-/m1/s1. The summed E-state index contributed by atoms with van der Waals surface area (Å²) in [5.41, 5.74) is 4.42. The van der Waals surface area contributed by atoms with E-state index in [1.165, 1.54) is 0 Å². The van der Waals surface area contributed by atoms with E-state index in [9.17, 15) is 9.59 Å². The van der Waals surface area contributed by atoms with E-state index in [1.807, 2.05) is 48.5 Å². The summed E-state index contributed by atoms with van der Waals surface area (Å²) < 4.78 is 16.2. The lowest BCUT2D eigenvalue weighted by atomic mass is 9.80. The molecule has 3 aromatic rings. The Hall–Kier alpha value is -3.54. The summed E-state index contributed by atoms with van der Waals surface area (Å²) in [6, 6.07) is 15.4. The van der Waals surface area contributed by atoms with Gasteiger partial charge in [0.2, 0.25) is 0 Å². The van der Waals surface area contributed by atoms with Gasteiger partial charge in [-0.2, -0.15) is 0 Å². The first kappa shape index (κ1) is 21.7. The highest BCUT2D eigenvalue weighted by atomic mass is 16.5. The maximum Gasteiger partial charge on any atom is 0.355 e. The third-order valence-corrected chi connectivity index (χ3v) is 5.92. The summed E-state index contributed by atoms with van der Waals surface area (Å²) >= 11 is 0. The Kier molecular flexibility index (Phi) is 6.30. The number of hydrogen-bond acceptors (Lipinski definition) is 5. The molecule has 1 aromatic heterocycles. The normalized spacial score (nSPS) is 15.2. The lowest BCUT2D eigenvalue weighted by Crippen LogP contribution is -2.20. The minimum Gasteiger partial charge on any atom is -0.497 e. The molecule has 0 unspecified atom stereocenters. The van der Waals surface area contributed by atoms with Gasteiger partial charge < -0.3 is 19.2 Å². The van der Waals surface area contributed by atoms with E-state index in [-0.39, 0.29) is 18.3 Å². The molecule has 0 bridgehead atoms. The van der Waals surface area contributed by atoms with Gasteiger partial charge in [0.25, 0.3) is 0 Å². The van der Waals surface area contributed by atoms with E-state index in [0.29, 0.717) is 47.6 Å². The fourth-order valence-corrected chi connectivity index (χ4v) is 4.46. The first-order chi connectivity index (χ1) is 15.5. The smallest absolute Gasteiger partial charge is 0.355 e. The van der Waals surface area contributed by atoms with Crippen LogP contribution in [0.2, 0.25) is 0 Å². The number of rotatable bonds is 7. The molecule has 6 heteroatoms. The van der Waals surface area contributed by atoms with E-state index >= 15 is 0 Å². The van der Waals surface area contributed by atoms with Crippen molar-refractivity contribution in [2.24, 2.45) is 0 Å². The van der Waals surface area contributed by atoms with E-state index in [4.69, 9.17) is 14.2 Å². The Morgan fingerprint density at radius 3 is 2.53 bits per heavy atom. The third-order valence-electron chi connectivity index (χ3n) is 5.92. The van der Waals surface area contributed by atoms with Gasteiger partial charge in [0.1, 0.15) is 17.2 Å². The molecule has 2 aromatic carbocycles. The van der Waals surface area contributed by atoms with Crippen LogP contribution in [0.4, 0.5) is 0 Å². The van der Waals surface area contributed by atoms with Gasteiger partial charge >= 0.3 is 5.97 Å². The van der Waals surface area contributed by atoms with Crippen molar-refractivity contribution in [1.82, 2.24) is 4.98 Å². The Labute approximate surface area is 187 Å². The van der Waals surface area contributed by atoms with Crippen molar-refractivity contribution < 1.29 is 23.8 Å². The Bertz CT molecular complexity index is 1130. The Morgan fingerprint density at radius 1 is 1.06 bits per heavy atom. The van der Waals surface area contributed by atoms with Crippen LogP contribution in [0, 0.1) is 0 Å². The fraction of sp³-hybridized carbons (Fsp3) is 0.308. The molecule has 32 heavy (non-hydrogen) atoms. The number of benzene rings is 2. The van der Waals surface area contributed by atoms with Crippen LogP contribution in [0.1, 0.15) is 62.5 Å². The largest absolute Gasteiger partial charge is 0.497 e. The molecule has 4 rings (SSSR count). The highest BCUT2D eigenvalue weighted by molar-refractivity contribution is 6.04. The number of esters is 1. The number of carbonyl (C=O) groups excluding carboxylic acids is 2. The van der Waals surface area contributed by atoms with Gasteiger partial charge in [-0.1, -0.05) is 30.3 Å². The highest BCUT2D eigenvalue weighted by Crippen LogP contribution is 2.40. The van der Waals surface area contributed by atoms with E-state index in [2.05, 4.69) is 4.98 Å². The van der Waals surface area contributed by atoms with Crippen molar-refractivity contribution in [3.63, 3.8) is 0 Å². The second kappa shape index (κ2) is 9.30. The molecule has 1 N–H and O–H groups in total. The van der Waals surface area contributed by atoms with Crippen molar-refractivity contribution >= 4 is 11.8 Å². The first-order valence-electron chi connectivity index (χ1n) is 10.8. The van der Waals surface area contributed by atoms with Crippen LogP contribution in [0.15, 0.2) is 48.5 Å². The lowest BCUT2D eigenvalue weighted by Gasteiger charge is -2.24. The summed E-state index contributed by atoms with van der Waals surface area (Å²) in [5, 5.41) is 0. The minimum atomic E-state index is -0.434. The second-order valence-corrected chi connectivity index (χ2v) is 7.85. The average Bonchev–Trinajstić information content (AvgIpc) is 3.18.